The number of amides is 2. The molecule has 8 nitrogen and oxygen atoms in total. The highest BCUT2D eigenvalue weighted by molar-refractivity contribution is 9.10. The first-order valence-electron chi connectivity index (χ1n) is 10.1. The Labute approximate surface area is 224 Å². The largest absolute Gasteiger partial charge is 0.495 e. The van der Waals surface area contributed by atoms with Crippen molar-refractivity contribution >= 4 is 62.8 Å². The number of benzene rings is 3. The van der Waals surface area contributed by atoms with Gasteiger partial charge in [-0.3, -0.25) is 9.59 Å². The van der Waals surface area contributed by atoms with Gasteiger partial charge in [-0.05, 0) is 64.0 Å². The molecule has 12 heteroatoms. The topological polar surface area (TPSA) is 98.2 Å². The van der Waals surface area contributed by atoms with Gasteiger partial charge >= 0.3 is 11.8 Å². The van der Waals surface area contributed by atoms with Crippen molar-refractivity contribution in [2.75, 3.05) is 19.5 Å². The first-order valence-corrected chi connectivity index (χ1v) is 11.7. The van der Waals surface area contributed by atoms with E-state index in [2.05, 4.69) is 31.8 Å². The monoisotopic (exact) mass is 597 g/mol. The highest BCUT2D eigenvalue weighted by Gasteiger charge is 2.17. The molecule has 0 saturated heterocycles. The molecule has 0 aliphatic heterocycles. The highest BCUT2D eigenvalue weighted by Crippen LogP contribution is 2.37. The summed E-state index contributed by atoms with van der Waals surface area (Å²) in [6.45, 7) is -0.128. The van der Waals surface area contributed by atoms with Crippen LogP contribution in [-0.4, -0.2) is 32.2 Å². The molecule has 0 atom stereocenters. The lowest BCUT2D eigenvalue weighted by Crippen LogP contribution is -2.32. The molecule has 3 rings (SSSR count). The summed E-state index contributed by atoms with van der Waals surface area (Å²) in [5.74, 6) is -1.51. The van der Waals surface area contributed by atoms with Crippen molar-refractivity contribution in [2.24, 2.45) is 5.10 Å². The minimum Gasteiger partial charge on any atom is -0.495 e. The molecule has 0 radical (unpaired) electrons. The van der Waals surface area contributed by atoms with Crippen LogP contribution in [0.2, 0.25) is 10.0 Å². The summed E-state index contributed by atoms with van der Waals surface area (Å²) in [4.78, 5) is 24.3. The van der Waals surface area contributed by atoms with Gasteiger partial charge in [0.25, 0.3) is 0 Å². The Morgan fingerprint density at radius 2 is 1.81 bits per heavy atom. The second kappa shape index (κ2) is 12.6. The van der Waals surface area contributed by atoms with E-state index in [1.165, 1.54) is 38.6 Å². The molecule has 0 heterocycles. The molecule has 2 N–H and O–H groups in total. The second-order valence-electron chi connectivity index (χ2n) is 7.02. The van der Waals surface area contributed by atoms with Crippen molar-refractivity contribution < 1.29 is 28.2 Å². The zero-order chi connectivity index (χ0) is 26.2. The van der Waals surface area contributed by atoms with Crippen LogP contribution < -0.4 is 25.0 Å². The van der Waals surface area contributed by atoms with Crippen LogP contribution in [0.5, 0.6) is 17.2 Å². The van der Waals surface area contributed by atoms with Crippen LogP contribution in [0.25, 0.3) is 0 Å². The molecule has 0 aliphatic rings. The molecule has 36 heavy (non-hydrogen) atoms. The van der Waals surface area contributed by atoms with E-state index in [-0.39, 0.29) is 22.9 Å². The minimum absolute atomic E-state index is 0.128. The van der Waals surface area contributed by atoms with Crippen LogP contribution in [0.15, 0.2) is 58.1 Å². The molecule has 0 aliphatic carbocycles. The fraction of sp³-hybridized carbons (Fsp3) is 0.125. The summed E-state index contributed by atoms with van der Waals surface area (Å²) in [5.41, 5.74) is 3.08. The molecule has 0 fully saturated rings. The molecule has 3 aromatic carbocycles. The van der Waals surface area contributed by atoms with Crippen molar-refractivity contribution in [3.05, 3.63) is 80.0 Å². The molecule has 3 aromatic rings. The van der Waals surface area contributed by atoms with Gasteiger partial charge in [0.15, 0.2) is 11.5 Å². The van der Waals surface area contributed by atoms with Crippen molar-refractivity contribution in [1.82, 2.24) is 5.43 Å². The Morgan fingerprint density at radius 3 is 2.50 bits per heavy atom. The number of hydrogen-bond donors (Lipinski definition) is 2. The zero-order valence-electron chi connectivity index (χ0n) is 18.9. The van der Waals surface area contributed by atoms with Gasteiger partial charge in [-0.25, -0.2) is 9.82 Å². The molecule has 0 unspecified atom stereocenters. The van der Waals surface area contributed by atoms with Gasteiger partial charge in [-0.1, -0.05) is 29.3 Å². The maximum absolute atomic E-state index is 14.0. The Hall–Kier alpha value is -3.34. The predicted octanol–water partition coefficient (Wildman–Crippen LogP) is 5.58. The molecule has 0 spiro atoms. The van der Waals surface area contributed by atoms with Gasteiger partial charge in [0.1, 0.15) is 18.2 Å². The fourth-order valence-corrected chi connectivity index (χ4v) is 3.91. The summed E-state index contributed by atoms with van der Waals surface area (Å²) in [7, 11) is 2.85. The zero-order valence-corrected chi connectivity index (χ0v) is 22.0. The number of carbonyl (C=O) groups is 2. The number of anilines is 1. The number of halogens is 4. The Kier molecular flexibility index (Phi) is 9.51. The van der Waals surface area contributed by atoms with E-state index >= 15 is 0 Å². The van der Waals surface area contributed by atoms with E-state index < -0.39 is 17.6 Å². The van der Waals surface area contributed by atoms with Gasteiger partial charge < -0.3 is 19.5 Å². The lowest BCUT2D eigenvalue weighted by atomic mass is 10.2. The smallest absolute Gasteiger partial charge is 0.329 e. The summed E-state index contributed by atoms with van der Waals surface area (Å²) in [5, 5.41) is 6.80. The van der Waals surface area contributed by atoms with Crippen molar-refractivity contribution in [2.45, 2.75) is 6.61 Å². The van der Waals surface area contributed by atoms with Gasteiger partial charge in [0.05, 0.1) is 35.6 Å². The van der Waals surface area contributed by atoms with Crippen LogP contribution >= 0.6 is 39.1 Å². The number of hydrazone groups is 1. The van der Waals surface area contributed by atoms with E-state index in [0.717, 1.165) is 0 Å². The van der Waals surface area contributed by atoms with Crippen LogP contribution in [-0.2, 0) is 16.2 Å². The third-order valence-corrected chi connectivity index (χ3v) is 5.85. The van der Waals surface area contributed by atoms with Crippen molar-refractivity contribution in [3.8, 4) is 17.2 Å². The highest BCUT2D eigenvalue weighted by atomic mass is 79.9. The fourth-order valence-electron chi connectivity index (χ4n) is 2.94. The van der Waals surface area contributed by atoms with Crippen LogP contribution in [0.3, 0.4) is 0 Å². The third-order valence-electron chi connectivity index (χ3n) is 4.67. The minimum atomic E-state index is -1.01. The molecule has 188 valence electrons. The number of rotatable bonds is 8. The van der Waals surface area contributed by atoms with Gasteiger partial charge in [-0.15, -0.1) is 0 Å². The Bertz CT molecular complexity index is 1300. The van der Waals surface area contributed by atoms with Crippen LogP contribution in [0, 0.1) is 5.82 Å². The SMILES string of the molecule is COc1ccc(Cl)cc1NC(=O)C(=O)N/N=C/c1cc(Br)c(OCc2c(F)cccc2Cl)c(OC)c1. The summed E-state index contributed by atoms with van der Waals surface area (Å²) < 4.78 is 30.7. The summed E-state index contributed by atoms with van der Waals surface area (Å²) >= 11 is 15.4. The summed E-state index contributed by atoms with van der Waals surface area (Å²) in [6.07, 6.45) is 1.30. The van der Waals surface area contributed by atoms with Crippen LogP contribution in [0.1, 0.15) is 11.1 Å². The van der Waals surface area contributed by atoms with E-state index in [0.29, 0.717) is 32.3 Å². The number of ether oxygens (including phenoxy) is 3. The van der Waals surface area contributed by atoms with Crippen LogP contribution in [0.4, 0.5) is 10.1 Å². The average Bonchev–Trinajstić information content (AvgIpc) is 2.84. The molecule has 0 bridgehead atoms. The molecular weight excluding hydrogens is 580 g/mol. The lowest BCUT2D eigenvalue weighted by Gasteiger charge is -2.14. The number of methoxy groups -OCH3 is 2. The molecule has 2 amide bonds. The predicted molar refractivity (Wildman–Crippen MR) is 139 cm³/mol. The Balaban J connectivity index is 1.66. The van der Waals surface area contributed by atoms with E-state index in [1.807, 2.05) is 0 Å². The number of hydrogen-bond acceptors (Lipinski definition) is 6. The first-order chi connectivity index (χ1) is 17.2. The Morgan fingerprint density at radius 1 is 1.06 bits per heavy atom. The standard InChI is InChI=1S/C24H19BrCl2FN3O5/c1-34-20-7-6-14(26)10-19(20)30-23(32)24(33)31-29-11-13-8-16(25)22(21(9-13)35-2)36-12-15-17(27)4-3-5-18(15)28/h3-11H,12H2,1-2H3,(H,30,32)(H,31,33)/b29-11+. The van der Waals surface area contributed by atoms with Gasteiger partial charge in [0.2, 0.25) is 0 Å². The summed E-state index contributed by atoms with van der Waals surface area (Å²) in [6, 6.07) is 12.1. The molecular formula is C24H19BrCl2FN3O5. The number of carbonyl (C=O) groups excluding carboxylic acids is 2. The maximum Gasteiger partial charge on any atom is 0.329 e. The third kappa shape index (κ3) is 6.87. The average molecular weight is 599 g/mol. The number of nitrogens with one attached hydrogen (secondary N) is 2. The van der Waals surface area contributed by atoms with Crippen molar-refractivity contribution in [1.29, 1.82) is 0 Å². The van der Waals surface area contributed by atoms with Gasteiger partial charge in [0, 0.05) is 10.6 Å². The quantitative estimate of drug-likeness (QED) is 0.200. The normalized spacial score (nSPS) is 10.7. The molecule has 0 saturated carbocycles. The lowest BCUT2D eigenvalue weighted by molar-refractivity contribution is -0.136. The maximum atomic E-state index is 14.0. The van der Waals surface area contributed by atoms with Crippen molar-refractivity contribution in [3.63, 3.8) is 0 Å². The van der Waals surface area contributed by atoms with E-state index in [4.69, 9.17) is 37.4 Å². The van der Waals surface area contributed by atoms with E-state index in [1.54, 1.807) is 30.3 Å². The first kappa shape index (κ1) is 27.3. The molecule has 0 aromatic heterocycles. The number of nitrogens with zero attached hydrogens (tertiary/aromatic N) is 1. The van der Waals surface area contributed by atoms with E-state index in [9.17, 15) is 14.0 Å². The second-order valence-corrected chi connectivity index (χ2v) is 8.72. The van der Waals surface area contributed by atoms with Gasteiger partial charge in [-0.2, -0.15) is 5.10 Å².